The zero-order valence-corrected chi connectivity index (χ0v) is 23.8. The summed E-state index contributed by atoms with van der Waals surface area (Å²) in [5.41, 5.74) is 4.46. The van der Waals surface area contributed by atoms with E-state index in [-0.39, 0.29) is 17.9 Å². The molecule has 0 radical (unpaired) electrons. The molecule has 1 heterocycles. The highest BCUT2D eigenvalue weighted by molar-refractivity contribution is 5.95. The molecule has 3 saturated carbocycles. The third-order valence-corrected chi connectivity index (χ3v) is 9.35. The Balaban J connectivity index is 1.19. The molecule has 2 aromatic carbocycles. The zero-order valence-electron chi connectivity index (χ0n) is 23.8. The summed E-state index contributed by atoms with van der Waals surface area (Å²) >= 11 is 0. The van der Waals surface area contributed by atoms with Gasteiger partial charge in [0.1, 0.15) is 12.1 Å². The monoisotopic (exact) mass is 542 g/mol. The van der Waals surface area contributed by atoms with Crippen LogP contribution in [0.25, 0.3) is 5.69 Å². The fraction of sp³-hybridized carbons (Fsp3) is 0.545. The Bertz CT molecular complexity index is 1320. The average molecular weight is 543 g/mol. The van der Waals surface area contributed by atoms with E-state index in [0.717, 1.165) is 68.0 Å². The van der Waals surface area contributed by atoms with Gasteiger partial charge in [-0.1, -0.05) is 18.2 Å². The van der Waals surface area contributed by atoms with Gasteiger partial charge in [0.25, 0.3) is 0 Å². The predicted molar refractivity (Wildman–Crippen MR) is 156 cm³/mol. The number of aryl methyl sites for hydroxylation is 1. The van der Waals surface area contributed by atoms with Crippen molar-refractivity contribution in [2.24, 2.45) is 11.8 Å². The van der Waals surface area contributed by atoms with Crippen LogP contribution in [0.4, 0.5) is 5.69 Å². The van der Waals surface area contributed by atoms with Crippen molar-refractivity contribution in [3.05, 3.63) is 65.7 Å². The number of nitrogens with zero attached hydrogens (tertiary/aromatic N) is 4. The minimum absolute atomic E-state index is 0.0292. The molecule has 7 nitrogen and oxygen atoms in total. The van der Waals surface area contributed by atoms with E-state index in [1.54, 1.807) is 13.4 Å². The number of carbonyl (C=O) groups is 1. The number of aliphatic hydroxyl groups is 1. The van der Waals surface area contributed by atoms with Crippen LogP contribution in [0.3, 0.4) is 0 Å². The molecule has 0 bridgehead atoms. The predicted octanol–water partition coefficient (Wildman–Crippen LogP) is 6.32. The lowest BCUT2D eigenvalue weighted by molar-refractivity contribution is -0.124. The molecule has 212 valence electrons. The number of aromatic nitrogens is 3. The van der Waals surface area contributed by atoms with Crippen LogP contribution in [0.1, 0.15) is 93.0 Å². The van der Waals surface area contributed by atoms with Crippen LogP contribution in [0.2, 0.25) is 0 Å². The molecule has 1 aromatic heterocycles. The molecular formula is C33H42N4O3. The van der Waals surface area contributed by atoms with E-state index in [1.165, 1.54) is 24.0 Å². The van der Waals surface area contributed by atoms with Gasteiger partial charge in [0.15, 0.2) is 5.82 Å². The third kappa shape index (κ3) is 5.95. The summed E-state index contributed by atoms with van der Waals surface area (Å²) in [5, 5.41) is 14.8. The van der Waals surface area contributed by atoms with Crippen LogP contribution >= 0.6 is 0 Å². The highest BCUT2D eigenvalue weighted by Gasteiger charge is 2.33. The Labute approximate surface area is 237 Å². The smallest absolute Gasteiger partial charge is 0.230 e. The Morgan fingerprint density at radius 1 is 0.975 bits per heavy atom. The number of carbonyl (C=O) groups excluding carboxylic acids is 1. The van der Waals surface area contributed by atoms with Crippen molar-refractivity contribution >= 4 is 11.6 Å². The number of hydrogen-bond donors (Lipinski definition) is 1. The second kappa shape index (κ2) is 11.7. The quantitative estimate of drug-likeness (QED) is 0.360. The number of anilines is 1. The van der Waals surface area contributed by atoms with Gasteiger partial charge in [0.2, 0.25) is 5.91 Å². The van der Waals surface area contributed by atoms with Gasteiger partial charge >= 0.3 is 0 Å². The van der Waals surface area contributed by atoms with Gasteiger partial charge in [-0.2, -0.15) is 5.10 Å². The summed E-state index contributed by atoms with van der Waals surface area (Å²) in [6.07, 6.45) is 11.3. The van der Waals surface area contributed by atoms with Crippen molar-refractivity contribution < 1.29 is 14.6 Å². The molecule has 1 amide bonds. The van der Waals surface area contributed by atoms with Gasteiger partial charge < -0.3 is 14.7 Å². The first-order chi connectivity index (χ1) is 19.5. The van der Waals surface area contributed by atoms with Gasteiger partial charge in [0.05, 0.1) is 18.9 Å². The minimum atomic E-state index is -0.273. The first-order valence-corrected chi connectivity index (χ1v) is 15.1. The molecule has 3 aliphatic carbocycles. The maximum Gasteiger partial charge on any atom is 0.230 e. The summed E-state index contributed by atoms with van der Waals surface area (Å²) in [7, 11) is 1.72. The fourth-order valence-corrected chi connectivity index (χ4v) is 6.69. The number of amides is 1. The Morgan fingerprint density at radius 2 is 1.73 bits per heavy atom. The number of hydrogen-bond acceptors (Lipinski definition) is 5. The van der Waals surface area contributed by atoms with E-state index in [4.69, 9.17) is 9.84 Å². The molecule has 3 aliphatic rings. The van der Waals surface area contributed by atoms with E-state index in [1.807, 2.05) is 21.7 Å². The SMILES string of the molecule is COc1ccc([C@H]2CC[C@H](CN(c3cccc(-n4cnc(C5CC5)n4)c3)C(=O)[C@H]3CC[C@H](O)CC3)CC2)cc1C. The number of aliphatic hydroxyl groups excluding tert-OH is 1. The largest absolute Gasteiger partial charge is 0.496 e. The summed E-state index contributed by atoms with van der Waals surface area (Å²) < 4.78 is 7.31. The summed E-state index contributed by atoms with van der Waals surface area (Å²) in [5.74, 6) is 3.56. The number of ether oxygens (including phenoxy) is 1. The Hall–Kier alpha value is -3.19. The molecule has 1 N–H and O–H groups in total. The second-order valence-electron chi connectivity index (χ2n) is 12.2. The van der Waals surface area contributed by atoms with Crippen LogP contribution in [0.5, 0.6) is 5.75 Å². The maximum absolute atomic E-state index is 14.0. The molecule has 0 unspecified atom stereocenters. The van der Waals surface area contributed by atoms with Crippen molar-refractivity contribution in [3.63, 3.8) is 0 Å². The van der Waals surface area contributed by atoms with Crippen LogP contribution in [-0.2, 0) is 4.79 Å². The fourth-order valence-electron chi connectivity index (χ4n) is 6.69. The molecule has 0 aliphatic heterocycles. The van der Waals surface area contributed by atoms with Gasteiger partial charge in [-0.25, -0.2) is 9.67 Å². The van der Waals surface area contributed by atoms with Gasteiger partial charge in [-0.3, -0.25) is 4.79 Å². The molecule has 0 saturated heterocycles. The molecular weight excluding hydrogens is 500 g/mol. The second-order valence-corrected chi connectivity index (χ2v) is 12.2. The lowest BCUT2D eigenvalue weighted by Gasteiger charge is -2.36. The lowest BCUT2D eigenvalue weighted by atomic mass is 9.78. The van der Waals surface area contributed by atoms with E-state index >= 15 is 0 Å². The third-order valence-electron chi connectivity index (χ3n) is 9.35. The molecule has 0 atom stereocenters. The zero-order chi connectivity index (χ0) is 27.6. The van der Waals surface area contributed by atoms with Crippen molar-refractivity contribution in [3.8, 4) is 11.4 Å². The molecule has 40 heavy (non-hydrogen) atoms. The van der Waals surface area contributed by atoms with Gasteiger partial charge in [-0.15, -0.1) is 0 Å². The van der Waals surface area contributed by atoms with E-state index < -0.39 is 0 Å². The summed E-state index contributed by atoms with van der Waals surface area (Å²) in [6, 6.07) is 14.8. The molecule has 3 aromatic rings. The molecule has 0 spiro atoms. The molecule has 6 rings (SSSR count). The van der Waals surface area contributed by atoms with Gasteiger partial charge in [-0.05, 0) is 118 Å². The Morgan fingerprint density at radius 3 is 2.42 bits per heavy atom. The standard InChI is InChI=1S/C33H42N4O3/c1-22-18-27(14-17-31(22)40-2)24-8-6-23(7-9-24)20-36(33(39)26-12-15-30(38)16-13-26)28-4-3-5-29(19-28)37-21-34-32(35-37)25-10-11-25/h3-5,14,17-19,21,23-26,30,38H,6-13,15-16,20H2,1-2H3/t23-,24-,26-,30-. The topological polar surface area (TPSA) is 80.5 Å². The van der Waals surface area contributed by atoms with Crippen molar-refractivity contribution in [2.75, 3.05) is 18.6 Å². The van der Waals surface area contributed by atoms with Crippen LogP contribution in [0, 0.1) is 18.8 Å². The average Bonchev–Trinajstić information content (AvgIpc) is 3.72. The van der Waals surface area contributed by atoms with E-state index in [2.05, 4.69) is 42.2 Å². The van der Waals surface area contributed by atoms with Crippen LogP contribution in [0.15, 0.2) is 48.8 Å². The summed E-state index contributed by atoms with van der Waals surface area (Å²) in [6.45, 7) is 2.85. The van der Waals surface area contributed by atoms with Crippen molar-refractivity contribution in [1.29, 1.82) is 0 Å². The Kier molecular flexibility index (Phi) is 7.92. The molecule has 3 fully saturated rings. The normalized spacial score (nSPS) is 25.0. The number of methoxy groups -OCH3 is 1. The first-order valence-electron chi connectivity index (χ1n) is 15.1. The van der Waals surface area contributed by atoms with Crippen molar-refractivity contribution in [1.82, 2.24) is 14.8 Å². The number of benzene rings is 2. The maximum atomic E-state index is 14.0. The van der Waals surface area contributed by atoms with E-state index in [9.17, 15) is 9.90 Å². The van der Waals surface area contributed by atoms with Crippen molar-refractivity contribution in [2.45, 2.75) is 89.1 Å². The van der Waals surface area contributed by atoms with Gasteiger partial charge in [0, 0.05) is 24.1 Å². The number of rotatable bonds is 8. The van der Waals surface area contributed by atoms with Crippen LogP contribution in [-0.4, -0.2) is 45.5 Å². The van der Waals surface area contributed by atoms with E-state index in [0.29, 0.717) is 30.6 Å². The highest BCUT2D eigenvalue weighted by Crippen LogP contribution is 2.39. The first kappa shape index (κ1) is 27.0. The summed E-state index contributed by atoms with van der Waals surface area (Å²) in [4.78, 5) is 20.6. The lowest BCUT2D eigenvalue weighted by Crippen LogP contribution is -2.41. The van der Waals surface area contributed by atoms with Crippen LogP contribution < -0.4 is 9.64 Å². The highest BCUT2D eigenvalue weighted by atomic mass is 16.5. The molecule has 7 heteroatoms. The minimum Gasteiger partial charge on any atom is -0.496 e.